The minimum absolute atomic E-state index is 0.0300. The van der Waals surface area contributed by atoms with E-state index in [1.54, 1.807) is 11.9 Å². The number of aliphatic carboxylic acids is 1. The van der Waals surface area contributed by atoms with Gasteiger partial charge in [0.1, 0.15) is 0 Å². The topological polar surface area (TPSA) is 66.8 Å². The zero-order chi connectivity index (χ0) is 12.4. The van der Waals surface area contributed by atoms with E-state index in [4.69, 9.17) is 9.84 Å². The molecule has 1 unspecified atom stereocenters. The van der Waals surface area contributed by atoms with Crippen molar-refractivity contribution in [1.29, 1.82) is 0 Å². The van der Waals surface area contributed by atoms with Crippen LogP contribution in [0, 0.1) is 11.8 Å². The van der Waals surface area contributed by atoms with Crippen LogP contribution in [0.2, 0.25) is 0 Å². The number of rotatable bonds is 3. The molecule has 17 heavy (non-hydrogen) atoms. The summed E-state index contributed by atoms with van der Waals surface area (Å²) in [4.78, 5) is 24.5. The quantitative estimate of drug-likeness (QED) is 0.791. The molecule has 0 aromatic rings. The maximum atomic E-state index is 12.1. The van der Waals surface area contributed by atoms with E-state index in [0.29, 0.717) is 19.4 Å². The van der Waals surface area contributed by atoms with Crippen LogP contribution < -0.4 is 0 Å². The molecule has 96 valence electrons. The fourth-order valence-electron chi connectivity index (χ4n) is 2.51. The van der Waals surface area contributed by atoms with E-state index in [0.717, 1.165) is 19.4 Å². The minimum atomic E-state index is -0.747. The van der Waals surface area contributed by atoms with Crippen LogP contribution in [0.1, 0.15) is 25.7 Å². The normalized spacial score (nSPS) is 32.6. The van der Waals surface area contributed by atoms with Crippen LogP contribution in [-0.2, 0) is 14.3 Å². The van der Waals surface area contributed by atoms with E-state index in [2.05, 4.69) is 0 Å². The Morgan fingerprint density at radius 1 is 1.29 bits per heavy atom. The van der Waals surface area contributed by atoms with Crippen molar-refractivity contribution in [3.63, 3.8) is 0 Å². The summed E-state index contributed by atoms with van der Waals surface area (Å²) in [5.41, 5.74) is 0. The van der Waals surface area contributed by atoms with Crippen molar-refractivity contribution in [2.75, 3.05) is 20.3 Å². The molecule has 2 aliphatic rings. The van der Waals surface area contributed by atoms with E-state index < -0.39 is 5.97 Å². The van der Waals surface area contributed by atoms with Crippen molar-refractivity contribution < 1.29 is 19.4 Å². The molecule has 2 rings (SSSR count). The Morgan fingerprint density at radius 3 is 2.53 bits per heavy atom. The van der Waals surface area contributed by atoms with Crippen molar-refractivity contribution in [2.45, 2.75) is 31.7 Å². The highest BCUT2D eigenvalue weighted by atomic mass is 16.5. The third-order valence-corrected chi connectivity index (χ3v) is 3.87. The zero-order valence-electron chi connectivity index (χ0n) is 10.1. The van der Waals surface area contributed by atoms with Crippen molar-refractivity contribution in [2.24, 2.45) is 11.8 Å². The lowest BCUT2D eigenvalue weighted by atomic mass is 9.79. The van der Waals surface area contributed by atoms with Gasteiger partial charge in [0.15, 0.2) is 0 Å². The molecule has 1 aliphatic heterocycles. The van der Waals surface area contributed by atoms with E-state index in [9.17, 15) is 9.59 Å². The van der Waals surface area contributed by atoms with Crippen LogP contribution in [-0.4, -0.2) is 48.2 Å². The second kappa shape index (κ2) is 5.04. The van der Waals surface area contributed by atoms with Gasteiger partial charge >= 0.3 is 5.97 Å². The van der Waals surface area contributed by atoms with E-state index in [-0.39, 0.29) is 23.8 Å². The minimum Gasteiger partial charge on any atom is -0.481 e. The van der Waals surface area contributed by atoms with E-state index >= 15 is 0 Å². The van der Waals surface area contributed by atoms with Crippen LogP contribution in [0.25, 0.3) is 0 Å². The predicted octanol–water partition coefficient (Wildman–Crippen LogP) is 0.735. The highest BCUT2D eigenvalue weighted by Gasteiger charge is 2.39. The summed E-state index contributed by atoms with van der Waals surface area (Å²) in [7, 11) is 1.78. The Balaban J connectivity index is 1.82. The van der Waals surface area contributed by atoms with Crippen LogP contribution in [0.5, 0.6) is 0 Å². The molecule has 0 bridgehead atoms. The number of ether oxygens (including phenoxy) is 1. The van der Waals surface area contributed by atoms with Gasteiger partial charge in [0.25, 0.3) is 0 Å². The smallest absolute Gasteiger partial charge is 0.306 e. The Labute approximate surface area is 101 Å². The van der Waals surface area contributed by atoms with Gasteiger partial charge in [-0.2, -0.15) is 0 Å². The average Bonchev–Trinajstić information content (AvgIpc) is 2.26. The molecular weight excluding hydrogens is 222 g/mol. The molecule has 2 fully saturated rings. The first kappa shape index (κ1) is 12.4. The zero-order valence-corrected chi connectivity index (χ0v) is 10.1. The van der Waals surface area contributed by atoms with Gasteiger partial charge in [0.2, 0.25) is 5.91 Å². The molecule has 1 aliphatic carbocycles. The molecule has 0 spiro atoms. The lowest BCUT2D eigenvalue weighted by Gasteiger charge is -2.40. The molecule has 5 heteroatoms. The number of carboxylic acid groups (broad SMARTS) is 1. The maximum Gasteiger partial charge on any atom is 0.306 e. The standard InChI is InChI=1S/C12H19NO4/c1-13(10-5-9(6-10)12(15)16)11(14)8-3-2-4-17-7-8/h8-10H,2-7H2,1H3,(H,15,16). The van der Waals surface area contributed by atoms with Crippen LogP contribution >= 0.6 is 0 Å². The molecule has 0 aromatic carbocycles. The van der Waals surface area contributed by atoms with Crippen molar-refractivity contribution in [1.82, 2.24) is 4.90 Å². The largest absolute Gasteiger partial charge is 0.481 e. The first-order chi connectivity index (χ1) is 8.09. The number of carbonyl (C=O) groups excluding carboxylic acids is 1. The first-order valence-electron chi connectivity index (χ1n) is 6.17. The SMILES string of the molecule is CN(C(=O)C1CCCOC1)C1CC(C(=O)O)C1. The molecule has 1 atom stereocenters. The third-order valence-electron chi connectivity index (χ3n) is 3.87. The van der Waals surface area contributed by atoms with Crippen molar-refractivity contribution in [3.05, 3.63) is 0 Å². The Bertz CT molecular complexity index is 306. The summed E-state index contributed by atoms with van der Waals surface area (Å²) in [5.74, 6) is -0.933. The molecule has 0 aromatic heterocycles. The Kier molecular flexibility index (Phi) is 3.66. The highest BCUT2D eigenvalue weighted by Crippen LogP contribution is 2.32. The molecule has 5 nitrogen and oxygen atoms in total. The summed E-state index contributed by atoms with van der Waals surface area (Å²) in [6.07, 6.45) is 3.00. The number of hydrogen-bond acceptors (Lipinski definition) is 3. The molecule has 1 amide bonds. The number of carbonyl (C=O) groups is 2. The number of carboxylic acids is 1. The second-order valence-electron chi connectivity index (χ2n) is 5.02. The third kappa shape index (κ3) is 2.60. The molecule has 0 radical (unpaired) electrons. The second-order valence-corrected chi connectivity index (χ2v) is 5.02. The fraction of sp³-hybridized carbons (Fsp3) is 0.833. The molecule has 1 heterocycles. The lowest BCUT2D eigenvalue weighted by molar-refractivity contribution is -0.152. The van der Waals surface area contributed by atoms with E-state index in [1.807, 2.05) is 0 Å². The predicted molar refractivity (Wildman–Crippen MR) is 60.5 cm³/mol. The summed E-state index contributed by atoms with van der Waals surface area (Å²) >= 11 is 0. The summed E-state index contributed by atoms with van der Waals surface area (Å²) in [5, 5.41) is 8.80. The maximum absolute atomic E-state index is 12.1. The molecule has 1 N–H and O–H groups in total. The fourth-order valence-corrected chi connectivity index (χ4v) is 2.51. The Hall–Kier alpha value is -1.10. The number of nitrogens with zero attached hydrogens (tertiary/aromatic N) is 1. The van der Waals surface area contributed by atoms with Gasteiger partial charge in [-0.25, -0.2) is 0 Å². The van der Waals surface area contributed by atoms with Crippen LogP contribution in [0.4, 0.5) is 0 Å². The van der Waals surface area contributed by atoms with Gasteiger partial charge in [-0.05, 0) is 25.7 Å². The Morgan fingerprint density at radius 2 is 2.00 bits per heavy atom. The first-order valence-corrected chi connectivity index (χ1v) is 6.17. The number of amides is 1. The van der Waals surface area contributed by atoms with E-state index in [1.165, 1.54) is 0 Å². The van der Waals surface area contributed by atoms with Gasteiger partial charge in [-0.15, -0.1) is 0 Å². The summed E-state index contributed by atoms with van der Waals surface area (Å²) in [6.45, 7) is 1.26. The van der Waals surface area contributed by atoms with Gasteiger partial charge in [-0.1, -0.05) is 0 Å². The monoisotopic (exact) mass is 241 g/mol. The van der Waals surface area contributed by atoms with Gasteiger partial charge in [0.05, 0.1) is 18.4 Å². The van der Waals surface area contributed by atoms with Crippen molar-refractivity contribution >= 4 is 11.9 Å². The number of hydrogen-bond donors (Lipinski definition) is 1. The van der Waals surface area contributed by atoms with Gasteiger partial charge in [0, 0.05) is 19.7 Å². The van der Waals surface area contributed by atoms with Crippen LogP contribution in [0.15, 0.2) is 0 Å². The molecular formula is C12H19NO4. The van der Waals surface area contributed by atoms with Crippen molar-refractivity contribution in [3.8, 4) is 0 Å². The lowest BCUT2D eigenvalue weighted by Crippen LogP contribution is -2.50. The molecule has 1 saturated heterocycles. The molecule has 1 saturated carbocycles. The van der Waals surface area contributed by atoms with Gasteiger partial charge < -0.3 is 14.7 Å². The van der Waals surface area contributed by atoms with Gasteiger partial charge in [-0.3, -0.25) is 9.59 Å². The van der Waals surface area contributed by atoms with Crippen LogP contribution in [0.3, 0.4) is 0 Å². The average molecular weight is 241 g/mol. The summed E-state index contributed by atoms with van der Waals surface area (Å²) in [6, 6.07) is 0.102. The summed E-state index contributed by atoms with van der Waals surface area (Å²) < 4.78 is 5.30. The highest BCUT2D eigenvalue weighted by molar-refractivity contribution is 5.80.